The third kappa shape index (κ3) is 4.75. The second-order valence-electron chi connectivity index (χ2n) is 5.35. The fraction of sp³-hybridized carbons (Fsp3) is 0.667. The Morgan fingerprint density at radius 1 is 1.28 bits per heavy atom. The number of hydrogen-bond donors (Lipinski definition) is 2. The van der Waals surface area contributed by atoms with Crippen molar-refractivity contribution in [3.8, 4) is 0 Å². The summed E-state index contributed by atoms with van der Waals surface area (Å²) in [5.41, 5.74) is 1.29. The van der Waals surface area contributed by atoms with Crippen molar-refractivity contribution in [1.82, 2.24) is 10.3 Å². The van der Waals surface area contributed by atoms with Gasteiger partial charge in [-0.05, 0) is 43.0 Å². The number of aromatic nitrogens is 1. The van der Waals surface area contributed by atoms with Gasteiger partial charge >= 0.3 is 0 Å². The first-order valence-corrected chi connectivity index (χ1v) is 7.12. The summed E-state index contributed by atoms with van der Waals surface area (Å²) in [6.45, 7) is 1.65. The smallest absolute Gasteiger partial charge is 0.0667 e. The second-order valence-corrected chi connectivity index (χ2v) is 5.35. The molecule has 3 heteroatoms. The molecule has 2 rings (SSSR count). The second kappa shape index (κ2) is 7.49. The maximum absolute atomic E-state index is 9.93. The third-order valence-corrected chi connectivity index (χ3v) is 3.80. The molecule has 1 aromatic heterocycles. The lowest BCUT2D eigenvalue weighted by Gasteiger charge is -2.15. The van der Waals surface area contributed by atoms with Gasteiger partial charge in [0.25, 0.3) is 0 Å². The van der Waals surface area contributed by atoms with E-state index < -0.39 is 0 Å². The van der Waals surface area contributed by atoms with E-state index in [-0.39, 0.29) is 6.10 Å². The monoisotopic (exact) mass is 248 g/mol. The predicted molar refractivity (Wildman–Crippen MR) is 73.4 cm³/mol. The molecule has 3 nitrogen and oxygen atoms in total. The molecule has 1 aliphatic rings. The van der Waals surface area contributed by atoms with E-state index >= 15 is 0 Å². The Morgan fingerprint density at radius 2 is 2.00 bits per heavy atom. The van der Waals surface area contributed by atoms with Gasteiger partial charge in [-0.25, -0.2) is 0 Å². The van der Waals surface area contributed by atoms with Crippen molar-refractivity contribution in [3.63, 3.8) is 0 Å². The molecule has 1 fully saturated rings. The van der Waals surface area contributed by atoms with Crippen molar-refractivity contribution in [2.24, 2.45) is 5.92 Å². The number of rotatable bonds is 7. The SMILES string of the molecule is OC(CNCCc1ccncc1)CC1CCCC1. The highest BCUT2D eigenvalue weighted by molar-refractivity contribution is 5.09. The topological polar surface area (TPSA) is 45.1 Å². The number of aliphatic hydroxyl groups excluding tert-OH is 1. The minimum Gasteiger partial charge on any atom is -0.392 e. The Kier molecular flexibility index (Phi) is 5.62. The Hall–Kier alpha value is -0.930. The van der Waals surface area contributed by atoms with Gasteiger partial charge in [0.2, 0.25) is 0 Å². The Labute approximate surface area is 110 Å². The summed E-state index contributed by atoms with van der Waals surface area (Å²) in [5, 5.41) is 13.3. The third-order valence-electron chi connectivity index (χ3n) is 3.80. The van der Waals surface area contributed by atoms with Gasteiger partial charge in [-0.1, -0.05) is 25.7 Å². The van der Waals surface area contributed by atoms with Crippen LogP contribution in [0.2, 0.25) is 0 Å². The summed E-state index contributed by atoms with van der Waals surface area (Å²) in [5.74, 6) is 0.766. The van der Waals surface area contributed by atoms with Crippen LogP contribution in [0.3, 0.4) is 0 Å². The standard InChI is InChI=1S/C15H24N2O/c18-15(11-14-3-1-2-4-14)12-17-10-7-13-5-8-16-9-6-13/h5-6,8-9,14-15,17-18H,1-4,7,10-12H2. The molecule has 2 N–H and O–H groups in total. The molecule has 0 radical (unpaired) electrons. The molecule has 0 aromatic carbocycles. The normalized spacial score (nSPS) is 18.1. The molecule has 1 saturated carbocycles. The molecule has 0 bridgehead atoms. The highest BCUT2D eigenvalue weighted by atomic mass is 16.3. The zero-order valence-corrected chi connectivity index (χ0v) is 11.0. The Balaban J connectivity index is 1.54. The lowest BCUT2D eigenvalue weighted by molar-refractivity contribution is 0.141. The minimum atomic E-state index is -0.175. The van der Waals surface area contributed by atoms with E-state index in [4.69, 9.17) is 0 Å². The van der Waals surface area contributed by atoms with E-state index in [2.05, 4.69) is 10.3 Å². The van der Waals surface area contributed by atoms with Crippen molar-refractivity contribution in [2.45, 2.75) is 44.6 Å². The summed E-state index contributed by atoms with van der Waals surface area (Å²) in [4.78, 5) is 4.00. The summed E-state index contributed by atoms with van der Waals surface area (Å²) in [6, 6.07) is 4.08. The van der Waals surface area contributed by atoms with Crippen LogP contribution in [-0.4, -0.2) is 29.3 Å². The average Bonchev–Trinajstić information content (AvgIpc) is 2.89. The van der Waals surface area contributed by atoms with Gasteiger partial charge in [-0.3, -0.25) is 4.98 Å². The van der Waals surface area contributed by atoms with Gasteiger partial charge < -0.3 is 10.4 Å². The van der Waals surface area contributed by atoms with Gasteiger partial charge in [0.15, 0.2) is 0 Å². The Bertz CT molecular complexity index is 323. The fourth-order valence-electron chi connectivity index (χ4n) is 2.77. The Morgan fingerprint density at radius 3 is 2.72 bits per heavy atom. The summed E-state index contributed by atoms with van der Waals surface area (Å²) in [7, 11) is 0. The van der Waals surface area contributed by atoms with Crippen LogP contribution < -0.4 is 5.32 Å². The van der Waals surface area contributed by atoms with E-state index in [9.17, 15) is 5.11 Å². The largest absolute Gasteiger partial charge is 0.392 e. The summed E-state index contributed by atoms with van der Waals surface area (Å²) < 4.78 is 0. The molecular formula is C15H24N2O. The van der Waals surface area contributed by atoms with Crippen LogP contribution in [-0.2, 0) is 6.42 Å². The van der Waals surface area contributed by atoms with Crippen molar-refractivity contribution >= 4 is 0 Å². The van der Waals surface area contributed by atoms with E-state index in [1.54, 1.807) is 0 Å². The van der Waals surface area contributed by atoms with Crippen molar-refractivity contribution in [2.75, 3.05) is 13.1 Å². The molecule has 1 aromatic rings. The van der Waals surface area contributed by atoms with Crippen LogP contribution in [0.4, 0.5) is 0 Å². The van der Waals surface area contributed by atoms with Crippen molar-refractivity contribution < 1.29 is 5.11 Å². The highest BCUT2D eigenvalue weighted by Gasteiger charge is 2.18. The molecule has 1 unspecified atom stereocenters. The summed E-state index contributed by atoms with van der Waals surface area (Å²) in [6.07, 6.45) is 10.8. The van der Waals surface area contributed by atoms with E-state index in [1.807, 2.05) is 24.5 Å². The predicted octanol–water partition coefficient (Wildman–Crippen LogP) is 2.15. The lowest BCUT2D eigenvalue weighted by atomic mass is 10.00. The van der Waals surface area contributed by atoms with Crippen molar-refractivity contribution in [1.29, 1.82) is 0 Å². The number of hydrogen-bond acceptors (Lipinski definition) is 3. The van der Waals surface area contributed by atoms with Crippen LogP contribution in [0.15, 0.2) is 24.5 Å². The molecule has 1 aliphatic carbocycles. The first-order valence-electron chi connectivity index (χ1n) is 7.12. The first kappa shape index (κ1) is 13.5. The molecule has 0 spiro atoms. The van der Waals surface area contributed by atoms with Gasteiger partial charge in [0.05, 0.1) is 6.10 Å². The molecule has 1 heterocycles. The quantitative estimate of drug-likeness (QED) is 0.727. The fourth-order valence-corrected chi connectivity index (χ4v) is 2.77. The average molecular weight is 248 g/mol. The molecule has 18 heavy (non-hydrogen) atoms. The van der Waals surface area contributed by atoms with Crippen molar-refractivity contribution in [3.05, 3.63) is 30.1 Å². The van der Waals surface area contributed by atoms with E-state index in [1.165, 1.54) is 31.2 Å². The maximum Gasteiger partial charge on any atom is 0.0667 e. The molecule has 0 amide bonds. The molecule has 0 saturated heterocycles. The van der Waals surface area contributed by atoms with Crippen LogP contribution in [0.25, 0.3) is 0 Å². The van der Waals surface area contributed by atoms with Crippen LogP contribution >= 0.6 is 0 Å². The van der Waals surface area contributed by atoms with Gasteiger partial charge in [-0.15, -0.1) is 0 Å². The number of pyridine rings is 1. The number of nitrogens with one attached hydrogen (secondary N) is 1. The number of nitrogens with zero attached hydrogens (tertiary/aromatic N) is 1. The van der Waals surface area contributed by atoms with E-state index in [0.717, 1.165) is 31.8 Å². The number of aliphatic hydroxyl groups is 1. The first-order chi connectivity index (χ1) is 8.84. The molecule has 0 aliphatic heterocycles. The zero-order chi connectivity index (χ0) is 12.6. The summed E-state index contributed by atoms with van der Waals surface area (Å²) >= 11 is 0. The van der Waals surface area contributed by atoms with Gasteiger partial charge in [0.1, 0.15) is 0 Å². The van der Waals surface area contributed by atoms with Gasteiger partial charge in [-0.2, -0.15) is 0 Å². The van der Waals surface area contributed by atoms with Crippen LogP contribution in [0.1, 0.15) is 37.7 Å². The maximum atomic E-state index is 9.93. The molecule has 100 valence electrons. The lowest BCUT2D eigenvalue weighted by Crippen LogP contribution is -2.29. The van der Waals surface area contributed by atoms with Gasteiger partial charge in [0, 0.05) is 18.9 Å². The zero-order valence-electron chi connectivity index (χ0n) is 11.0. The van der Waals surface area contributed by atoms with Crippen LogP contribution in [0, 0.1) is 5.92 Å². The molecule has 1 atom stereocenters. The minimum absolute atomic E-state index is 0.175. The van der Waals surface area contributed by atoms with Crippen LogP contribution in [0.5, 0.6) is 0 Å². The van der Waals surface area contributed by atoms with E-state index in [0.29, 0.717) is 0 Å². The molecular weight excluding hydrogens is 224 g/mol. The highest BCUT2D eigenvalue weighted by Crippen LogP contribution is 2.28.